The van der Waals surface area contributed by atoms with E-state index in [-0.39, 0.29) is 10.8 Å². The Hall–Kier alpha value is -1.56. The topological polar surface area (TPSA) is 63.7 Å². The van der Waals surface area contributed by atoms with Crippen LogP contribution in [0.5, 0.6) is 5.75 Å². The number of nitrogens with zero attached hydrogens (tertiary/aromatic N) is 1. The molecule has 0 heterocycles. The zero-order chi connectivity index (χ0) is 17.0. The highest BCUT2D eigenvalue weighted by Gasteiger charge is 2.32. The zero-order valence-electron chi connectivity index (χ0n) is 14.0. The highest BCUT2D eigenvalue weighted by atomic mass is 32.2. The van der Waals surface area contributed by atoms with Crippen LogP contribution in [0.4, 0.5) is 0 Å². The van der Waals surface area contributed by atoms with Crippen molar-refractivity contribution in [2.24, 2.45) is 5.92 Å². The summed E-state index contributed by atoms with van der Waals surface area (Å²) in [5.74, 6) is 1.44. The van der Waals surface area contributed by atoms with Crippen LogP contribution in [0.3, 0.4) is 0 Å². The molecule has 1 aliphatic carbocycles. The molecular weight excluding hydrogens is 314 g/mol. The van der Waals surface area contributed by atoms with E-state index >= 15 is 0 Å². The van der Waals surface area contributed by atoms with Gasteiger partial charge in [-0.1, -0.05) is 0 Å². The largest absolute Gasteiger partial charge is 0.494 e. The van der Waals surface area contributed by atoms with Crippen molar-refractivity contribution in [1.29, 1.82) is 0 Å². The van der Waals surface area contributed by atoms with Crippen LogP contribution in [0.25, 0.3) is 0 Å². The molecule has 0 saturated heterocycles. The van der Waals surface area contributed by atoms with Gasteiger partial charge in [-0.05, 0) is 56.4 Å². The fourth-order valence-corrected chi connectivity index (χ4v) is 3.13. The van der Waals surface area contributed by atoms with Crippen molar-refractivity contribution in [2.75, 3.05) is 19.9 Å². The van der Waals surface area contributed by atoms with E-state index < -0.39 is 9.84 Å². The fraction of sp³-hybridized carbons (Fsp3) is 0.588. The third-order valence-electron chi connectivity index (χ3n) is 4.36. The highest BCUT2D eigenvalue weighted by Crippen LogP contribution is 2.34. The molecule has 0 radical (unpaired) electrons. The smallest absolute Gasteiger partial charge is 0.222 e. The summed E-state index contributed by atoms with van der Waals surface area (Å²) in [6, 6.07) is 6.66. The van der Waals surface area contributed by atoms with Crippen LogP contribution >= 0.6 is 0 Å². The van der Waals surface area contributed by atoms with Gasteiger partial charge in [0.2, 0.25) is 5.91 Å². The summed E-state index contributed by atoms with van der Waals surface area (Å²) in [7, 11) is -1.31. The number of carbonyl (C=O) groups is 1. The van der Waals surface area contributed by atoms with Crippen LogP contribution in [0, 0.1) is 5.92 Å². The van der Waals surface area contributed by atoms with Crippen molar-refractivity contribution in [3.63, 3.8) is 0 Å². The Kier molecular flexibility index (Phi) is 5.68. The van der Waals surface area contributed by atoms with Gasteiger partial charge in [0, 0.05) is 25.8 Å². The summed E-state index contributed by atoms with van der Waals surface area (Å²) >= 11 is 0. The van der Waals surface area contributed by atoms with Crippen LogP contribution in [-0.4, -0.2) is 45.2 Å². The predicted molar refractivity (Wildman–Crippen MR) is 89.2 cm³/mol. The van der Waals surface area contributed by atoms with Gasteiger partial charge in [-0.25, -0.2) is 8.42 Å². The summed E-state index contributed by atoms with van der Waals surface area (Å²) in [4.78, 5) is 14.2. The number of carbonyl (C=O) groups excluding carboxylic acids is 1. The lowest BCUT2D eigenvalue weighted by Crippen LogP contribution is -2.36. The van der Waals surface area contributed by atoms with Crippen molar-refractivity contribution in [3.05, 3.63) is 24.3 Å². The van der Waals surface area contributed by atoms with E-state index in [4.69, 9.17) is 4.74 Å². The molecule has 1 fully saturated rings. The van der Waals surface area contributed by atoms with Gasteiger partial charge in [0.15, 0.2) is 9.84 Å². The molecule has 1 amide bonds. The molecule has 1 aromatic carbocycles. The summed E-state index contributed by atoms with van der Waals surface area (Å²) in [5, 5.41) is 0. The van der Waals surface area contributed by atoms with E-state index in [1.54, 1.807) is 12.1 Å². The van der Waals surface area contributed by atoms with Gasteiger partial charge in [-0.2, -0.15) is 0 Å². The average Bonchev–Trinajstić information content (AvgIpc) is 3.34. The van der Waals surface area contributed by atoms with Crippen LogP contribution < -0.4 is 4.74 Å². The molecule has 1 atom stereocenters. The molecule has 1 aliphatic rings. The third kappa shape index (κ3) is 5.23. The van der Waals surface area contributed by atoms with Crippen molar-refractivity contribution in [1.82, 2.24) is 4.90 Å². The number of benzene rings is 1. The number of amides is 1. The van der Waals surface area contributed by atoms with Gasteiger partial charge in [0.1, 0.15) is 5.75 Å². The molecular formula is C17H25NO4S. The second-order valence-electron chi connectivity index (χ2n) is 6.28. The van der Waals surface area contributed by atoms with Crippen molar-refractivity contribution in [3.8, 4) is 5.75 Å². The summed E-state index contributed by atoms with van der Waals surface area (Å²) in [6.45, 7) is 2.55. The number of ether oxygens (including phenoxy) is 1. The maximum Gasteiger partial charge on any atom is 0.222 e. The maximum atomic E-state index is 12.1. The summed E-state index contributed by atoms with van der Waals surface area (Å²) in [5.41, 5.74) is 0. The van der Waals surface area contributed by atoms with E-state index in [0.717, 1.165) is 0 Å². The van der Waals surface area contributed by atoms with Crippen LogP contribution in [0.1, 0.15) is 32.6 Å². The standard InChI is InChI=1S/C17H25NO4S/c1-13(14-6-7-14)18(2)17(19)5-4-12-22-15-8-10-16(11-9-15)23(3,20)21/h8-11,13-14H,4-7,12H2,1-3H3. The Bertz CT molecular complexity index is 635. The molecule has 1 saturated carbocycles. The average molecular weight is 339 g/mol. The van der Waals surface area contributed by atoms with Crippen LogP contribution in [0.15, 0.2) is 29.2 Å². The molecule has 1 unspecified atom stereocenters. The van der Waals surface area contributed by atoms with E-state index in [2.05, 4.69) is 6.92 Å². The molecule has 5 nitrogen and oxygen atoms in total. The molecule has 1 aromatic rings. The maximum absolute atomic E-state index is 12.1. The molecule has 0 spiro atoms. The molecule has 0 N–H and O–H groups in total. The van der Waals surface area contributed by atoms with Crippen molar-refractivity contribution in [2.45, 2.75) is 43.5 Å². The lowest BCUT2D eigenvalue weighted by Gasteiger charge is -2.24. The molecule has 23 heavy (non-hydrogen) atoms. The van der Waals surface area contributed by atoms with Gasteiger partial charge < -0.3 is 9.64 Å². The monoisotopic (exact) mass is 339 g/mol. The van der Waals surface area contributed by atoms with Crippen molar-refractivity contribution < 1.29 is 17.9 Å². The second-order valence-corrected chi connectivity index (χ2v) is 8.29. The quantitative estimate of drug-likeness (QED) is 0.683. The Labute approximate surface area is 138 Å². The van der Waals surface area contributed by atoms with Crippen molar-refractivity contribution >= 4 is 15.7 Å². The van der Waals surface area contributed by atoms with E-state index in [1.807, 2.05) is 11.9 Å². The predicted octanol–water partition coefficient (Wildman–Crippen LogP) is 2.51. The van der Waals surface area contributed by atoms with Gasteiger partial charge in [-0.15, -0.1) is 0 Å². The minimum Gasteiger partial charge on any atom is -0.494 e. The number of rotatable bonds is 8. The third-order valence-corrected chi connectivity index (χ3v) is 5.49. The normalized spacial score (nSPS) is 16.0. The summed E-state index contributed by atoms with van der Waals surface area (Å²) in [6.07, 6.45) is 4.74. The minimum atomic E-state index is -3.18. The molecule has 2 rings (SSSR count). The first-order valence-corrected chi connectivity index (χ1v) is 9.87. The Morgan fingerprint density at radius 3 is 2.43 bits per heavy atom. The number of hydrogen-bond donors (Lipinski definition) is 0. The highest BCUT2D eigenvalue weighted by molar-refractivity contribution is 7.90. The summed E-state index contributed by atoms with van der Waals surface area (Å²) < 4.78 is 28.3. The van der Waals surface area contributed by atoms with E-state index in [1.165, 1.54) is 31.2 Å². The molecule has 6 heteroatoms. The lowest BCUT2D eigenvalue weighted by atomic mass is 10.1. The number of sulfone groups is 1. The zero-order valence-corrected chi connectivity index (χ0v) is 14.8. The second kappa shape index (κ2) is 7.34. The van der Waals surface area contributed by atoms with Crippen LogP contribution in [-0.2, 0) is 14.6 Å². The molecule has 0 aliphatic heterocycles. The van der Waals surface area contributed by atoms with Gasteiger partial charge in [0.25, 0.3) is 0 Å². The molecule has 128 valence electrons. The van der Waals surface area contributed by atoms with E-state index in [9.17, 15) is 13.2 Å². The first kappa shape index (κ1) is 17.8. The first-order chi connectivity index (χ1) is 10.8. The van der Waals surface area contributed by atoms with Gasteiger partial charge >= 0.3 is 0 Å². The molecule has 0 aromatic heterocycles. The minimum absolute atomic E-state index is 0.153. The van der Waals surface area contributed by atoms with Crippen LogP contribution in [0.2, 0.25) is 0 Å². The van der Waals surface area contributed by atoms with Gasteiger partial charge in [-0.3, -0.25) is 4.79 Å². The van der Waals surface area contributed by atoms with E-state index in [0.29, 0.717) is 37.2 Å². The lowest BCUT2D eigenvalue weighted by molar-refractivity contribution is -0.132. The SMILES string of the molecule is CC(C1CC1)N(C)C(=O)CCCOc1ccc(S(C)(=O)=O)cc1. The van der Waals surface area contributed by atoms with Gasteiger partial charge in [0.05, 0.1) is 11.5 Å². The molecule has 0 bridgehead atoms. The Balaban J connectivity index is 1.71. The fourth-order valence-electron chi connectivity index (χ4n) is 2.49. The first-order valence-electron chi connectivity index (χ1n) is 7.97. The Morgan fingerprint density at radius 1 is 1.30 bits per heavy atom. The number of hydrogen-bond acceptors (Lipinski definition) is 4. The Morgan fingerprint density at radius 2 is 1.91 bits per heavy atom.